The molecule has 2 rings (SSSR count). The Morgan fingerprint density at radius 2 is 1.45 bits per heavy atom. The van der Waals surface area contributed by atoms with Crippen molar-refractivity contribution in [1.29, 1.82) is 0 Å². The standard InChI is InChI=1S/C21H31N/c1-20(2,3)13-14-22(21(4,5)6)16-17-11-12-18-9-7-8-10-19(18)15-17/h7-12,15H,13-14,16H2,1-6H3. The third kappa shape index (κ3) is 4.84. The predicted molar refractivity (Wildman–Crippen MR) is 98.2 cm³/mol. The summed E-state index contributed by atoms with van der Waals surface area (Å²) < 4.78 is 0. The lowest BCUT2D eigenvalue weighted by Gasteiger charge is -2.37. The maximum atomic E-state index is 2.60. The topological polar surface area (TPSA) is 3.24 Å². The van der Waals surface area contributed by atoms with Crippen LogP contribution in [0.4, 0.5) is 0 Å². The molecule has 0 saturated carbocycles. The van der Waals surface area contributed by atoms with Crippen molar-refractivity contribution in [3.63, 3.8) is 0 Å². The van der Waals surface area contributed by atoms with Crippen LogP contribution in [0.15, 0.2) is 42.5 Å². The summed E-state index contributed by atoms with van der Waals surface area (Å²) in [5.41, 5.74) is 1.98. The molecule has 0 aliphatic rings. The van der Waals surface area contributed by atoms with Gasteiger partial charge in [0.05, 0.1) is 0 Å². The average molecular weight is 297 g/mol. The van der Waals surface area contributed by atoms with Gasteiger partial charge in [0.15, 0.2) is 0 Å². The second-order valence-corrected chi connectivity index (χ2v) is 8.58. The highest BCUT2D eigenvalue weighted by atomic mass is 15.2. The lowest BCUT2D eigenvalue weighted by Crippen LogP contribution is -2.42. The van der Waals surface area contributed by atoms with Crippen molar-refractivity contribution >= 4 is 10.8 Å². The van der Waals surface area contributed by atoms with E-state index in [0.29, 0.717) is 5.41 Å². The molecule has 0 N–H and O–H groups in total. The Hall–Kier alpha value is -1.34. The Morgan fingerprint density at radius 3 is 2.05 bits per heavy atom. The van der Waals surface area contributed by atoms with E-state index in [1.54, 1.807) is 0 Å². The van der Waals surface area contributed by atoms with Crippen LogP contribution in [0.3, 0.4) is 0 Å². The SMILES string of the molecule is CC(C)(C)CCN(Cc1ccc2ccccc2c1)C(C)(C)C. The van der Waals surface area contributed by atoms with Gasteiger partial charge in [0, 0.05) is 12.1 Å². The van der Waals surface area contributed by atoms with Gasteiger partial charge in [0.2, 0.25) is 0 Å². The molecule has 0 amide bonds. The lowest BCUT2D eigenvalue weighted by molar-refractivity contribution is 0.110. The van der Waals surface area contributed by atoms with Gasteiger partial charge < -0.3 is 0 Å². The van der Waals surface area contributed by atoms with Gasteiger partial charge in [0.1, 0.15) is 0 Å². The van der Waals surface area contributed by atoms with Gasteiger partial charge in [-0.3, -0.25) is 4.90 Å². The Labute approximate surface area is 136 Å². The Bertz CT molecular complexity index is 614. The van der Waals surface area contributed by atoms with Crippen molar-refractivity contribution in [2.45, 2.75) is 60.0 Å². The summed E-state index contributed by atoms with van der Waals surface area (Å²) in [7, 11) is 0. The predicted octanol–water partition coefficient (Wildman–Crippen LogP) is 5.88. The van der Waals surface area contributed by atoms with Crippen LogP contribution < -0.4 is 0 Å². The van der Waals surface area contributed by atoms with Gasteiger partial charge in [-0.2, -0.15) is 0 Å². The summed E-state index contributed by atoms with van der Waals surface area (Å²) in [4.78, 5) is 2.60. The largest absolute Gasteiger partial charge is 0.294 e. The van der Waals surface area contributed by atoms with Crippen LogP contribution in [0, 0.1) is 5.41 Å². The molecular weight excluding hydrogens is 266 g/mol. The molecule has 0 aromatic heterocycles. The minimum Gasteiger partial charge on any atom is -0.294 e. The van der Waals surface area contributed by atoms with Crippen molar-refractivity contribution in [2.75, 3.05) is 6.54 Å². The Kier molecular flexibility index (Phi) is 4.97. The van der Waals surface area contributed by atoms with E-state index in [1.807, 2.05) is 0 Å². The fraction of sp³-hybridized carbons (Fsp3) is 0.524. The molecule has 1 nitrogen and oxygen atoms in total. The molecule has 22 heavy (non-hydrogen) atoms. The Balaban J connectivity index is 2.17. The summed E-state index contributed by atoms with van der Waals surface area (Å²) in [6, 6.07) is 15.5. The zero-order valence-electron chi connectivity index (χ0n) is 15.1. The number of nitrogens with zero attached hydrogens (tertiary/aromatic N) is 1. The van der Waals surface area contributed by atoms with Crippen LogP contribution >= 0.6 is 0 Å². The third-order valence-electron chi connectivity index (χ3n) is 4.27. The summed E-state index contributed by atoms with van der Waals surface area (Å²) in [5.74, 6) is 0. The van der Waals surface area contributed by atoms with Gasteiger partial charge in [-0.05, 0) is 61.6 Å². The number of fused-ring (bicyclic) bond motifs is 1. The van der Waals surface area contributed by atoms with E-state index in [9.17, 15) is 0 Å². The number of benzene rings is 2. The van der Waals surface area contributed by atoms with E-state index in [0.717, 1.165) is 13.1 Å². The molecule has 0 radical (unpaired) electrons. The molecule has 0 saturated heterocycles. The maximum absolute atomic E-state index is 2.60. The van der Waals surface area contributed by atoms with Crippen LogP contribution in [-0.4, -0.2) is 17.0 Å². The van der Waals surface area contributed by atoms with E-state index in [4.69, 9.17) is 0 Å². The molecule has 120 valence electrons. The molecular formula is C21H31N. The maximum Gasteiger partial charge on any atom is 0.0239 e. The smallest absolute Gasteiger partial charge is 0.0239 e. The highest BCUT2D eigenvalue weighted by Crippen LogP contribution is 2.25. The van der Waals surface area contributed by atoms with Gasteiger partial charge in [-0.1, -0.05) is 57.2 Å². The van der Waals surface area contributed by atoms with Crippen molar-refractivity contribution in [3.8, 4) is 0 Å². The number of hydrogen-bond acceptors (Lipinski definition) is 1. The van der Waals surface area contributed by atoms with E-state index in [2.05, 4.69) is 88.9 Å². The fourth-order valence-electron chi connectivity index (χ4n) is 2.68. The first kappa shape index (κ1) is 17.0. The van der Waals surface area contributed by atoms with E-state index < -0.39 is 0 Å². The van der Waals surface area contributed by atoms with Gasteiger partial charge >= 0.3 is 0 Å². The second-order valence-electron chi connectivity index (χ2n) is 8.58. The Morgan fingerprint density at radius 1 is 0.818 bits per heavy atom. The van der Waals surface area contributed by atoms with Crippen LogP contribution in [0.5, 0.6) is 0 Å². The molecule has 2 aromatic rings. The monoisotopic (exact) mass is 297 g/mol. The number of hydrogen-bond donors (Lipinski definition) is 0. The average Bonchev–Trinajstić information content (AvgIpc) is 2.41. The molecule has 0 spiro atoms. The van der Waals surface area contributed by atoms with Crippen molar-refractivity contribution in [2.24, 2.45) is 5.41 Å². The first-order chi connectivity index (χ1) is 10.1. The van der Waals surface area contributed by atoms with E-state index in [-0.39, 0.29) is 5.54 Å². The van der Waals surface area contributed by atoms with E-state index in [1.165, 1.54) is 22.8 Å². The first-order valence-corrected chi connectivity index (χ1v) is 8.38. The molecule has 2 aromatic carbocycles. The van der Waals surface area contributed by atoms with Crippen molar-refractivity contribution < 1.29 is 0 Å². The van der Waals surface area contributed by atoms with Crippen molar-refractivity contribution in [3.05, 3.63) is 48.0 Å². The fourth-order valence-corrected chi connectivity index (χ4v) is 2.68. The molecule has 0 atom stereocenters. The van der Waals surface area contributed by atoms with Gasteiger partial charge in [0.25, 0.3) is 0 Å². The van der Waals surface area contributed by atoms with E-state index >= 15 is 0 Å². The normalized spacial score (nSPS) is 13.0. The summed E-state index contributed by atoms with van der Waals surface area (Å²) in [6.07, 6.45) is 1.22. The molecule has 0 unspecified atom stereocenters. The summed E-state index contributed by atoms with van der Waals surface area (Å²) in [6.45, 7) is 16.1. The minimum atomic E-state index is 0.191. The van der Waals surface area contributed by atoms with Gasteiger partial charge in [-0.25, -0.2) is 0 Å². The molecule has 0 heterocycles. The second kappa shape index (κ2) is 6.42. The summed E-state index contributed by atoms with van der Waals surface area (Å²) >= 11 is 0. The molecule has 0 aliphatic heterocycles. The van der Waals surface area contributed by atoms with Crippen LogP contribution in [-0.2, 0) is 6.54 Å². The highest BCUT2D eigenvalue weighted by Gasteiger charge is 2.23. The molecule has 0 fully saturated rings. The third-order valence-corrected chi connectivity index (χ3v) is 4.27. The quantitative estimate of drug-likeness (QED) is 0.681. The first-order valence-electron chi connectivity index (χ1n) is 8.38. The highest BCUT2D eigenvalue weighted by molar-refractivity contribution is 5.82. The van der Waals surface area contributed by atoms with Gasteiger partial charge in [-0.15, -0.1) is 0 Å². The molecule has 0 aliphatic carbocycles. The van der Waals surface area contributed by atoms with Crippen LogP contribution in [0.2, 0.25) is 0 Å². The number of rotatable bonds is 4. The summed E-state index contributed by atoms with van der Waals surface area (Å²) in [5, 5.41) is 2.66. The van der Waals surface area contributed by atoms with Crippen molar-refractivity contribution in [1.82, 2.24) is 4.90 Å². The lowest BCUT2D eigenvalue weighted by atomic mass is 9.91. The molecule has 1 heteroatoms. The minimum absolute atomic E-state index is 0.191. The zero-order valence-corrected chi connectivity index (χ0v) is 15.1. The van der Waals surface area contributed by atoms with Crippen LogP contribution in [0.25, 0.3) is 10.8 Å². The van der Waals surface area contributed by atoms with Crippen LogP contribution in [0.1, 0.15) is 53.5 Å². The molecule has 0 bridgehead atoms. The zero-order chi connectivity index (χ0) is 16.4.